The molecule has 0 saturated heterocycles. The molecule has 0 amide bonds. The molecule has 0 aliphatic heterocycles. The average molecular weight is 162 g/mol. The molecule has 0 heterocycles. The Morgan fingerprint density at radius 2 is 2.08 bits per heavy atom. The predicted molar refractivity (Wildman–Crippen MR) is 49.8 cm³/mol. The molecule has 0 aromatic rings. The zero-order valence-electron chi connectivity index (χ0n) is 7.16. The molecule has 1 unspecified atom stereocenters. The molecule has 1 heteroatoms. The van der Waals surface area contributed by atoms with E-state index in [4.69, 9.17) is 0 Å². The van der Waals surface area contributed by atoms with E-state index in [0.717, 1.165) is 6.42 Å². The highest BCUT2D eigenvalue weighted by atomic mass is 16.3. The summed E-state index contributed by atoms with van der Waals surface area (Å²) in [5.74, 6) is 0. The summed E-state index contributed by atoms with van der Waals surface area (Å²) in [4.78, 5) is 0. The topological polar surface area (TPSA) is 20.2 Å². The first-order chi connectivity index (χ1) is 5.84. The predicted octanol–water partition coefficient (Wildman–Crippen LogP) is 2.34. The van der Waals surface area contributed by atoms with E-state index in [-0.39, 0.29) is 6.10 Å². The molecule has 2 bridgehead atoms. The number of fused-ring (bicyclic) bond motifs is 2. The Balaban J connectivity index is 2.28. The van der Waals surface area contributed by atoms with Crippen molar-refractivity contribution in [3.8, 4) is 0 Å². The Hall–Kier alpha value is -0.820. The fourth-order valence-electron chi connectivity index (χ4n) is 1.90. The summed E-state index contributed by atoms with van der Waals surface area (Å²) in [5, 5.41) is 9.43. The Kier molecular flexibility index (Phi) is 2.13. The first-order valence-corrected chi connectivity index (χ1v) is 4.58. The number of aliphatic hydroxyl groups is 1. The van der Waals surface area contributed by atoms with Gasteiger partial charge in [0.2, 0.25) is 0 Å². The van der Waals surface area contributed by atoms with Crippen LogP contribution in [0.1, 0.15) is 25.7 Å². The molecule has 0 spiro atoms. The number of hydrogen-bond acceptors (Lipinski definition) is 1. The van der Waals surface area contributed by atoms with Crippen LogP contribution in [-0.4, -0.2) is 11.2 Å². The Morgan fingerprint density at radius 1 is 1.25 bits per heavy atom. The van der Waals surface area contributed by atoms with Gasteiger partial charge in [-0.25, -0.2) is 0 Å². The molecule has 1 nitrogen and oxygen atoms in total. The van der Waals surface area contributed by atoms with Gasteiger partial charge in [0, 0.05) is 0 Å². The molecule has 0 radical (unpaired) electrons. The quantitative estimate of drug-likeness (QED) is 0.542. The van der Waals surface area contributed by atoms with Crippen LogP contribution in [0.4, 0.5) is 0 Å². The first kappa shape index (κ1) is 7.81. The maximum absolute atomic E-state index is 9.43. The van der Waals surface area contributed by atoms with Gasteiger partial charge in [-0.15, -0.1) is 0 Å². The minimum atomic E-state index is -0.365. The summed E-state index contributed by atoms with van der Waals surface area (Å²) >= 11 is 0. The summed E-state index contributed by atoms with van der Waals surface area (Å²) in [6.07, 6.45) is 12.3. The lowest BCUT2D eigenvalue weighted by atomic mass is 9.88. The zero-order valence-corrected chi connectivity index (χ0v) is 7.16. The molecule has 2 aliphatic carbocycles. The van der Waals surface area contributed by atoms with E-state index in [1.165, 1.54) is 30.4 Å². The second kappa shape index (κ2) is 3.28. The largest absolute Gasteiger partial charge is 0.385 e. The highest BCUT2D eigenvalue weighted by molar-refractivity contribution is 5.28. The van der Waals surface area contributed by atoms with Crippen molar-refractivity contribution in [2.75, 3.05) is 0 Å². The van der Waals surface area contributed by atoms with Gasteiger partial charge in [0.15, 0.2) is 0 Å². The normalized spacial score (nSPS) is 39.9. The zero-order chi connectivity index (χ0) is 8.39. The van der Waals surface area contributed by atoms with Gasteiger partial charge in [0.25, 0.3) is 0 Å². The summed E-state index contributed by atoms with van der Waals surface area (Å²) in [5.41, 5.74) is 2.92. The molecule has 1 fully saturated rings. The van der Waals surface area contributed by atoms with Crippen LogP contribution < -0.4 is 0 Å². The lowest BCUT2D eigenvalue weighted by molar-refractivity contribution is 0.269. The van der Waals surface area contributed by atoms with Gasteiger partial charge in [-0.2, -0.15) is 0 Å². The van der Waals surface area contributed by atoms with Crippen molar-refractivity contribution in [2.45, 2.75) is 31.8 Å². The molecule has 1 atom stereocenters. The highest BCUT2D eigenvalue weighted by Gasteiger charge is 2.11. The van der Waals surface area contributed by atoms with Crippen LogP contribution in [0.3, 0.4) is 0 Å². The van der Waals surface area contributed by atoms with Crippen molar-refractivity contribution in [3.63, 3.8) is 0 Å². The van der Waals surface area contributed by atoms with E-state index in [2.05, 4.69) is 6.08 Å². The lowest BCUT2D eigenvalue weighted by Gasteiger charge is -2.19. The van der Waals surface area contributed by atoms with Crippen LogP contribution in [0.5, 0.6) is 0 Å². The second-order valence-electron chi connectivity index (χ2n) is 3.56. The van der Waals surface area contributed by atoms with Crippen LogP contribution in [0.2, 0.25) is 0 Å². The summed E-state index contributed by atoms with van der Waals surface area (Å²) in [6, 6.07) is 0. The fourth-order valence-corrected chi connectivity index (χ4v) is 1.90. The third-order valence-corrected chi connectivity index (χ3v) is 2.50. The Bertz CT molecular complexity index is 258. The van der Waals surface area contributed by atoms with Crippen LogP contribution in [0, 0.1) is 0 Å². The third kappa shape index (κ3) is 1.67. The van der Waals surface area contributed by atoms with Crippen molar-refractivity contribution in [1.29, 1.82) is 0 Å². The minimum Gasteiger partial charge on any atom is -0.385 e. The molecular weight excluding hydrogens is 148 g/mol. The van der Waals surface area contributed by atoms with E-state index < -0.39 is 0 Å². The van der Waals surface area contributed by atoms with E-state index in [1.54, 1.807) is 0 Å². The molecule has 2 aliphatic rings. The first-order valence-electron chi connectivity index (χ1n) is 4.58. The molecular formula is C11H14O. The smallest absolute Gasteiger partial charge is 0.0908 e. The second-order valence-corrected chi connectivity index (χ2v) is 3.56. The summed E-state index contributed by atoms with van der Waals surface area (Å²) in [7, 11) is 0. The van der Waals surface area contributed by atoms with Crippen molar-refractivity contribution in [3.05, 3.63) is 35.5 Å². The van der Waals surface area contributed by atoms with Crippen LogP contribution in [0.25, 0.3) is 0 Å². The van der Waals surface area contributed by atoms with E-state index in [0.29, 0.717) is 0 Å². The monoisotopic (exact) mass is 162 g/mol. The molecule has 0 aromatic heterocycles. The Labute approximate surface area is 73.1 Å². The number of aliphatic hydroxyl groups excluding tert-OH is 1. The Morgan fingerprint density at radius 3 is 3.00 bits per heavy atom. The number of hydrogen-bond donors (Lipinski definition) is 1. The molecule has 1 saturated carbocycles. The van der Waals surface area contributed by atoms with Crippen molar-refractivity contribution in [1.82, 2.24) is 0 Å². The van der Waals surface area contributed by atoms with E-state index >= 15 is 0 Å². The lowest BCUT2D eigenvalue weighted by Crippen LogP contribution is -2.05. The van der Waals surface area contributed by atoms with Crippen molar-refractivity contribution < 1.29 is 5.11 Å². The maximum Gasteiger partial charge on any atom is 0.0908 e. The molecule has 64 valence electrons. The summed E-state index contributed by atoms with van der Waals surface area (Å²) in [6.45, 7) is 0. The maximum atomic E-state index is 9.43. The highest BCUT2D eigenvalue weighted by Crippen LogP contribution is 2.29. The minimum absolute atomic E-state index is 0.365. The van der Waals surface area contributed by atoms with Gasteiger partial charge >= 0.3 is 0 Å². The van der Waals surface area contributed by atoms with Gasteiger partial charge in [-0.05, 0) is 25.7 Å². The molecule has 2 rings (SSSR count). The number of rotatable bonds is 0. The summed E-state index contributed by atoms with van der Waals surface area (Å²) < 4.78 is 0. The van der Waals surface area contributed by atoms with Gasteiger partial charge in [-0.3, -0.25) is 0 Å². The SMILES string of the molecule is OC1/C=C\C=C2\CCC/C(=C/1)C2. The van der Waals surface area contributed by atoms with Crippen LogP contribution in [-0.2, 0) is 0 Å². The molecule has 12 heavy (non-hydrogen) atoms. The standard InChI is InChI=1S/C11H14O/c12-11-6-2-4-9-3-1-5-10(7-9)8-11/h2,4,6,8,11-12H,1,3,5,7H2/b6-2-,9-4-,10-8-. The van der Waals surface area contributed by atoms with Crippen LogP contribution >= 0.6 is 0 Å². The fraction of sp³-hybridized carbons (Fsp3) is 0.455. The van der Waals surface area contributed by atoms with Gasteiger partial charge in [-0.1, -0.05) is 35.5 Å². The van der Waals surface area contributed by atoms with Crippen molar-refractivity contribution >= 4 is 0 Å². The van der Waals surface area contributed by atoms with Gasteiger partial charge < -0.3 is 5.11 Å². The van der Waals surface area contributed by atoms with Crippen molar-refractivity contribution in [2.24, 2.45) is 0 Å². The van der Waals surface area contributed by atoms with E-state index in [9.17, 15) is 5.11 Å². The van der Waals surface area contributed by atoms with Crippen LogP contribution in [0.15, 0.2) is 35.5 Å². The number of allylic oxidation sites excluding steroid dienone is 4. The van der Waals surface area contributed by atoms with E-state index in [1.807, 2.05) is 18.2 Å². The van der Waals surface area contributed by atoms with Gasteiger partial charge in [0.05, 0.1) is 6.10 Å². The molecule has 1 N–H and O–H groups in total. The molecule has 0 aromatic carbocycles. The van der Waals surface area contributed by atoms with Gasteiger partial charge in [0.1, 0.15) is 0 Å². The third-order valence-electron chi connectivity index (χ3n) is 2.50. The average Bonchev–Trinajstić information content (AvgIpc) is 2.03.